The second-order valence-electron chi connectivity index (χ2n) is 13.1. The Morgan fingerprint density at radius 2 is 1.76 bits per heavy atom. The third kappa shape index (κ3) is 7.34. The van der Waals surface area contributed by atoms with Gasteiger partial charge in [0.15, 0.2) is 0 Å². The van der Waals surface area contributed by atoms with Gasteiger partial charge >= 0.3 is 5.97 Å². The number of fused-ring (bicyclic) bond motifs is 1. The lowest BCUT2D eigenvalue weighted by molar-refractivity contribution is -0.142. The number of rotatable bonds is 10. The molecule has 1 fully saturated rings. The number of thiophene rings is 1. The second-order valence-corrected chi connectivity index (χ2v) is 14.3. The predicted molar refractivity (Wildman–Crippen MR) is 182 cm³/mol. The van der Waals surface area contributed by atoms with E-state index in [1.54, 1.807) is 29.9 Å². The van der Waals surface area contributed by atoms with Crippen molar-refractivity contribution in [2.45, 2.75) is 70.8 Å². The Morgan fingerprint density at radius 1 is 1.00 bits per heavy atom. The number of benzene rings is 2. The second kappa shape index (κ2) is 13.5. The van der Waals surface area contributed by atoms with Crippen molar-refractivity contribution in [2.75, 3.05) is 7.11 Å². The Hall–Kier alpha value is -4.43. The molecule has 0 radical (unpaired) electrons. The van der Waals surface area contributed by atoms with Crippen LogP contribution in [0.15, 0.2) is 83.7 Å². The van der Waals surface area contributed by atoms with Crippen LogP contribution in [0.25, 0.3) is 21.2 Å². The standard InChI is InChI=1S/C38H40N2O5S/c1-38(2,3)27-10-13-28(14-11-27)45-29-12-9-25-20-33(39-32(31(25)21-29)19-24-7-5-6-8-24)36(41)40-34(37(42)43-4)22-30-15-16-35(46-30)26-17-18-44-23-26/h9-18,20-21,23-24,34H,5-8,19,22H2,1-4H3,(H,40,41). The van der Waals surface area contributed by atoms with Crippen molar-refractivity contribution in [2.24, 2.45) is 5.92 Å². The minimum Gasteiger partial charge on any atom is -0.472 e. The number of furan rings is 1. The van der Waals surface area contributed by atoms with E-state index in [0.29, 0.717) is 12.3 Å². The molecule has 5 aromatic rings. The van der Waals surface area contributed by atoms with E-state index in [9.17, 15) is 9.59 Å². The fourth-order valence-electron chi connectivity index (χ4n) is 6.10. The highest BCUT2D eigenvalue weighted by Gasteiger charge is 2.26. The molecular formula is C38H40N2O5S. The van der Waals surface area contributed by atoms with Crippen LogP contribution >= 0.6 is 11.3 Å². The van der Waals surface area contributed by atoms with Gasteiger partial charge < -0.3 is 19.2 Å². The van der Waals surface area contributed by atoms with Gasteiger partial charge in [0.25, 0.3) is 5.91 Å². The van der Waals surface area contributed by atoms with Crippen LogP contribution in [0.1, 0.15) is 73.1 Å². The number of methoxy groups -OCH3 is 1. The highest BCUT2D eigenvalue weighted by molar-refractivity contribution is 7.15. The maximum Gasteiger partial charge on any atom is 0.328 e. The van der Waals surface area contributed by atoms with Crippen molar-refractivity contribution < 1.29 is 23.5 Å². The minimum atomic E-state index is -0.857. The van der Waals surface area contributed by atoms with Crippen LogP contribution in [0, 0.1) is 5.92 Å². The molecular weight excluding hydrogens is 596 g/mol. The highest BCUT2D eigenvalue weighted by Crippen LogP contribution is 2.34. The van der Waals surface area contributed by atoms with Crippen molar-refractivity contribution in [1.82, 2.24) is 10.3 Å². The van der Waals surface area contributed by atoms with Crippen LogP contribution in [-0.4, -0.2) is 30.0 Å². The van der Waals surface area contributed by atoms with Gasteiger partial charge in [0, 0.05) is 32.8 Å². The lowest BCUT2D eigenvalue weighted by atomic mass is 9.87. The molecule has 0 aliphatic heterocycles. The summed E-state index contributed by atoms with van der Waals surface area (Å²) in [6.45, 7) is 6.58. The van der Waals surface area contributed by atoms with Crippen LogP contribution < -0.4 is 10.1 Å². The number of carbonyl (C=O) groups excluding carboxylic acids is 2. The summed E-state index contributed by atoms with van der Waals surface area (Å²) in [6, 6.07) is 20.9. The summed E-state index contributed by atoms with van der Waals surface area (Å²) in [6.07, 6.45) is 9.14. The Morgan fingerprint density at radius 3 is 2.46 bits per heavy atom. The summed E-state index contributed by atoms with van der Waals surface area (Å²) in [5.41, 5.74) is 3.44. The van der Waals surface area contributed by atoms with Gasteiger partial charge in [-0.15, -0.1) is 11.3 Å². The van der Waals surface area contributed by atoms with E-state index in [1.165, 1.54) is 25.5 Å². The molecule has 1 saturated carbocycles. The largest absolute Gasteiger partial charge is 0.472 e. The molecule has 1 amide bonds. The van der Waals surface area contributed by atoms with Gasteiger partial charge in [0.05, 0.1) is 19.6 Å². The fourth-order valence-corrected chi connectivity index (χ4v) is 7.13. The fraction of sp³-hybridized carbons (Fsp3) is 0.342. The summed E-state index contributed by atoms with van der Waals surface area (Å²) in [5, 5.41) is 4.79. The zero-order chi connectivity index (χ0) is 32.3. The average Bonchev–Trinajstić information content (AvgIpc) is 3.84. The van der Waals surface area contributed by atoms with Crippen LogP contribution in [-0.2, 0) is 27.8 Å². The van der Waals surface area contributed by atoms with E-state index in [1.807, 2.05) is 48.5 Å². The summed E-state index contributed by atoms with van der Waals surface area (Å²) in [7, 11) is 1.33. The lowest BCUT2D eigenvalue weighted by Gasteiger charge is -2.19. The van der Waals surface area contributed by atoms with Crippen LogP contribution in [0.2, 0.25) is 0 Å². The molecule has 238 valence electrons. The number of pyridine rings is 1. The van der Waals surface area contributed by atoms with E-state index in [2.05, 4.69) is 38.2 Å². The first kappa shape index (κ1) is 31.5. The molecule has 2 aromatic carbocycles. The topological polar surface area (TPSA) is 90.7 Å². The van der Waals surface area contributed by atoms with E-state index >= 15 is 0 Å². The van der Waals surface area contributed by atoms with E-state index < -0.39 is 17.9 Å². The van der Waals surface area contributed by atoms with E-state index in [4.69, 9.17) is 18.9 Å². The van der Waals surface area contributed by atoms with Crippen LogP contribution in [0.4, 0.5) is 0 Å². The Kier molecular flexibility index (Phi) is 9.27. The van der Waals surface area contributed by atoms with Crippen molar-refractivity contribution in [3.05, 3.63) is 101 Å². The van der Waals surface area contributed by atoms with Gasteiger partial charge in [0.1, 0.15) is 23.2 Å². The first-order valence-corrected chi connectivity index (χ1v) is 16.7. The molecule has 7 nitrogen and oxygen atoms in total. The molecule has 0 bridgehead atoms. The Balaban J connectivity index is 1.25. The van der Waals surface area contributed by atoms with E-state index in [-0.39, 0.29) is 11.1 Å². The summed E-state index contributed by atoms with van der Waals surface area (Å²) in [5.74, 6) is 1.10. The first-order chi connectivity index (χ1) is 22.2. The smallest absolute Gasteiger partial charge is 0.328 e. The number of hydrogen-bond acceptors (Lipinski definition) is 7. The molecule has 6 rings (SSSR count). The summed E-state index contributed by atoms with van der Waals surface area (Å²) in [4.78, 5) is 33.4. The van der Waals surface area contributed by atoms with Crippen LogP contribution in [0.5, 0.6) is 11.5 Å². The normalized spacial score (nSPS) is 14.3. The summed E-state index contributed by atoms with van der Waals surface area (Å²) < 4.78 is 16.5. The van der Waals surface area contributed by atoms with Gasteiger partial charge in [0.2, 0.25) is 0 Å². The predicted octanol–water partition coefficient (Wildman–Crippen LogP) is 8.89. The van der Waals surface area contributed by atoms with Gasteiger partial charge in [-0.3, -0.25) is 4.79 Å². The maximum atomic E-state index is 13.7. The molecule has 3 aromatic heterocycles. The SMILES string of the molecule is COC(=O)C(Cc1ccc(-c2ccoc2)s1)NC(=O)c1cc2ccc(Oc3ccc(C(C)(C)C)cc3)cc2c(CC2CCCC2)n1. The molecule has 1 N–H and O–H groups in total. The zero-order valence-corrected chi connectivity index (χ0v) is 27.6. The van der Waals surface area contributed by atoms with Crippen molar-refractivity contribution in [3.63, 3.8) is 0 Å². The third-order valence-electron chi connectivity index (χ3n) is 8.69. The number of ether oxygens (including phenoxy) is 2. The lowest BCUT2D eigenvalue weighted by Crippen LogP contribution is -2.43. The molecule has 1 atom stereocenters. The van der Waals surface area contributed by atoms with Crippen molar-refractivity contribution in [3.8, 4) is 21.9 Å². The van der Waals surface area contributed by atoms with Crippen molar-refractivity contribution >= 4 is 34.0 Å². The third-order valence-corrected chi connectivity index (χ3v) is 9.85. The Bertz CT molecular complexity index is 1810. The molecule has 0 saturated heterocycles. The van der Waals surface area contributed by atoms with Gasteiger partial charge in [-0.05, 0) is 77.2 Å². The molecule has 8 heteroatoms. The van der Waals surface area contributed by atoms with E-state index in [0.717, 1.165) is 62.5 Å². The van der Waals surface area contributed by atoms with Gasteiger partial charge in [-0.25, -0.2) is 9.78 Å². The highest BCUT2D eigenvalue weighted by atomic mass is 32.1. The number of carbonyl (C=O) groups is 2. The quantitative estimate of drug-likeness (QED) is 0.154. The summed E-state index contributed by atoms with van der Waals surface area (Å²) >= 11 is 1.55. The Labute approximate surface area is 274 Å². The molecule has 0 spiro atoms. The molecule has 1 aliphatic rings. The number of hydrogen-bond donors (Lipinski definition) is 1. The monoisotopic (exact) mass is 636 g/mol. The number of esters is 1. The molecule has 1 unspecified atom stereocenters. The van der Waals surface area contributed by atoms with Crippen molar-refractivity contribution in [1.29, 1.82) is 0 Å². The van der Waals surface area contributed by atoms with Gasteiger partial charge in [-0.1, -0.05) is 64.7 Å². The minimum absolute atomic E-state index is 0.0668. The van der Waals surface area contributed by atoms with Gasteiger partial charge in [-0.2, -0.15) is 0 Å². The molecule has 46 heavy (non-hydrogen) atoms. The maximum absolute atomic E-state index is 13.7. The number of nitrogens with zero attached hydrogens (tertiary/aromatic N) is 1. The molecule has 3 heterocycles. The number of aromatic nitrogens is 1. The van der Waals surface area contributed by atoms with Crippen LogP contribution in [0.3, 0.4) is 0 Å². The molecule has 1 aliphatic carbocycles. The number of amides is 1. The average molecular weight is 637 g/mol. The first-order valence-electron chi connectivity index (χ1n) is 15.9. The zero-order valence-electron chi connectivity index (χ0n) is 26.8. The number of nitrogens with one attached hydrogen (secondary N) is 1.